The highest BCUT2D eigenvalue weighted by Crippen LogP contribution is 2.34. The molecule has 0 heterocycles. The lowest BCUT2D eigenvalue weighted by Crippen LogP contribution is -2.40. The van der Waals surface area contributed by atoms with E-state index in [2.05, 4.69) is 5.32 Å². The van der Waals surface area contributed by atoms with Crippen LogP contribution >= 0.6 is 0 Å². The van der Waals surface area contributed by atoms with E-state index < -0.39 is 23.7 Å². The molecular formula is C13H17F3N2O. The quantitative estimate of drug-likeness (QED) is 0.886. The van der Waals surface area contributed by atoms with Gasteiger partial charge in [0.25, 0.3) is 0 Å². The standard InChI is InChI=1S/C13H17F3N2O/c1-3-8(2)11(17)12(19)18-10-7-5-4-6-9(10)13(14,15)16/h4-8,11H,3,17H2,1-2H3,(H,18,19)/t8-,11+/m1/s1. The van der Waals surface area contributed by atoms with Gasteiger partial charge in [0.15, 0.2) is 0 Å². The Balaban J connectivity index is 2.92. The van der Waals surface area contributed by atoms with Crippen LogP contribution in [-0.2, 0) is 11.0 Å². The van der Waals surface area contributed by atoms with Gasteiger partial charge >= 0.3 is 6.18 Å². The van der Waals surface area contributed by atoms with Gasteiger partial charge in [0, 0.05) is 0 Å². The average molecular weight is 274 g/mol. The van der Waals surface area contributed by atoms with Crippen molar-refractivity contribution in [3.8, 4) is 0 Å². The molecule has 0 unspecified atom stereocenters. The van der Waals surface area contributed by atoms with Crippen LogP contribution in [0, 0.1) is 5.92 Å². The van der Waals surface area contributed by atoms with E-state index in [1.165, 1.54) is 18.2 Å². The van der Waals surface area contributed by atoms with Crippen molar-refractivity contribution in [1.29, 1.82) is 0 Å². The normalized spacial score (nSPS) is 14.8. The third kappa shape index (κ3) is 3.96. The maximum absolute atomic E-state index is 12.7. The van der Waals surface area contributed by atoms with Gasteiger partial charge in [0.1, 0.15) is 0 Å². The van der Waals surface area contributed by atoms with Gasteiger partial charge < -0.3 is 11.1 Å². The molecule has 0 spiro atoms. The van der Waals surface area contributed by atoms with Crippen molar-refractivity contribution in [2.24, 2.45) is 11.7 Å². The molecule has 1 aromatic carbocycles. The topological polar surface area (TPSA) is 55.1 Å². The minimum atomic E-state index is -4.51. The smallest absolute Gasteiger partial charge is 0.324 e. The van der Waals surface area contributed by atoms with Crippen LogP contribution in [0.5, 0.6) is 0 Å². The molecule has 0 radical (unpaired) electrons. The van der Waals surface area contributed by atoms with E-state index in [4.69, 9.17) is 5.73 Å². The zero-order chi connectivity index (χ0) is 14.6. The molecule has 1 rings (SSSR count). The van der Waals surface area contributed by atoms with Crippen molar-refractivity contribution in [1.82, 2.24) is 0 Å². The van der Waals surface area contributed by atoms with E-state index in [1.54, 1.807) is 6.92 Å². The monoisotopic (exact) mass is 274 g/mol. The Labute approximate surface area is 110 Å². The Morgan fingerprint density at radius 2 is 1.95 bits per heavy atom. The van der Waals surface area contributed by atoms with Crippen LogP contribution in [0.4, 0.5) is 18.9 Å². The lowest BCUT2D eigenvalue weighted by atomic mass is 9.99. The van der Waals surface area contributed by atoms with Crippen LogP contribution in [0.1, 0.15) is 25.8 Å². The predicted molar refractivity (Wildman–Crippen MR) is 67.5 cm³/mol. The molecule has 0 aliphatic carbocycles. The fourth-order valence-electron chi connectivity index (χ4n) is 1.57. The summed E-state index contributed by atoms with van der Waals surface area (Å²) in [5, 5.41) is 2.25. The van der Waals surface area contributed by atoms with Crippen LogP contribution in [-0.4, -0.2) is 11.9 Å². The largest absolute Gasteiger partial charge is 0.418 e. The van der Waals surface area contributed by atoms with Crippen molar-refractivity contribution in [3.63, 3.8) is 0 Å². The molecule has 0 bridgehead atoms. The highest BCUT2D eigenvalue weighted by atomic mass is 19.4. The van der Waals surface area contributed by atoms with Crippen molar-refractivity contribution < 1.29 is 18.0 Å². The Kier molecular flexibility index (Phi) is 4.94. The van der Waals surface area contributed by atoms with Crippen LogP contribution < -0.4 is 11.1 Å². The molecule has 1 aromatic rings. The molecule has 3 nitrogen and oxygen atoms in total. The summed E-state index contributed by atoms with van der Waals surface area (Å²) < 4.78 is 38.2. The van der Waals surface area contributed by atoms with E-state index >= 15 is 0 Å². The van der Waals surface area contributed by atoms with Gasteiger partial charge in [0.05, 0.1) is 17.3 Å². The summed E-state index contributed by atoms with van der Waals surface area (Å²) in [4.78, 5) is 11.8. The molecule has 0 fully saturated rings. The van der Waals surface area contributed by atoms with Crippen molar-refractivity contribution in [3.05, 3.63) is 29.8 Å². The van der Waals surface area contributed by atoms with Crippen molar-refractivity contribution in [2.75, 3.05) is 5.32 Å². The van der Waals surface area contributed by atoms with Gasteiger partial charge in [-0.25, -0.2) is 0 Å². The molecule has 0 aromatic heterocycles. The number of anilines is 1. The molecule has 19 heavy (non-hydrogen) atoms. The second-order valence-electron chi connectivity index (χ2n) is 4.44. The Morgan fingerprint density at radius 1 is 1.37 bits per heavy atom. The number of carbonyl (C=O) groups is 1. The van der Waals surface area contributed by atoms with Crippen LogP contribution in [0.3, 0.4) is 0 Å². The molecule has 3 N–H and O–H groups in total. The Morgan fingerprint density at radius 3 is 2.47 bits per heavy atom. The summed E-state index contributed by atoms with van der Waals surface area (Å²) >= 11 is 0. The summed E-state index contributed by atoms with van der Waals surface area (Å²) in [6.45, 7) is 3.64. The summed E-state index contributed by atoms with van der Waals surface area (Å²) in [6.07, 6.45) is -3.83. The first-order valence-electron chi connectivity index (χ1n) is 6.00. The zero-order valence-corrected chi connectivity index (χ0v) is 10.8. The number of hydrogen-bond acceptors (Lipinski definition) is 2. The third-order valence-electron chi connectivity index (χ3n) is 3.05. The summed E-state index contributed by atoms with van der Waals surface area (Å²) in [5.41, 5.74) is 4.54. The van der Waals surface area contributed by atoms with Gasteiger partial charge in [-0.05, 0) is 18.1 Å². The molecule has 0 saturated carbocycles. The summed E-state index contributed by atoms with van der Waals surface area (Å²) in [7, 11) is 0. The van der Waals surface area contributed by atoms with E-state index in [-0.39, 0.29) is 11.6 Å². The number of benzene rings is 1. The number of para-hydroxylation sites is 1. The highest BCUT2D eigenvalue weighted by molar-refractivity contribution is 5.95. The fraction of sp³-hybridized carbons (Fsp3) is 0.462. The van der Waals surface area contributed by atoms with E-state index in [1.807, 2.05) is 6.92 Å². The first kappa shape index (κ1) is 15.5. The van der Waals surface area contributed by atoms with Crippen molar-refractivity contribution >= 4 is 11.6 Å². The minimum absolute atomic E-state index is 0.0990. The fourth-order valence-corrected chi connectivity index (χ4v) is 1.57. The predicted octanol–water partition coefficient (Wildman–Crippen LogP) is 3.02. The van der Waals surface area contributed by atoms with Gasteiger partial charge in [-0.15, -0.1) is 0 Å². The van der Waals surface area contributed by atoms with Crippen LogP contribution in [0.15, 0.2) is 24.3 Å². The van der Waals surface area contributed by atoms with Gasteiger partial charge in [-0.1, -0.05) is 32.4 Å². The van der Waals surface area contributed by atoms with Gasteiger partial charge in [-0.3, -0.25) is 4.79 Å². The Hall–Kier alpha value is -1.56. The van der Waals surface area contributed by atoms with E-state index in [9.17, 15) is 18.0 Å². The molecular weight excluding hydrogens is 257 g/mol. The molecule has 106 valence electrons. The first-order chi connectivity index (χ1) is 8.77. The maximum atomic E-state index is 12.7. The van der Waals surface area contributed by atoms with Gasteiger partial charge in [-0.2, -0.15) is 13.2 Å². The summed E-state index contributed by atoms with van der Waals surface area (Å²) in [6, 6.07) is 4.01. The van der Waals surface area contributed by atoms with Crippen LogP contribution in [0.25, 0.3) is 0 Å². The van der Waals surface area contributed by atoms with Crippen LogP contribution in [0.2, 0.25) is 0 Å². The van der Waals surface area contributed by atoms with E-state index in [0.29, 0.717) is 6.42 Å². The number of alkyl halides is 3. The lowest BCUT2D eigenvalue weighted by Gasteiger charge is -2.19. The Bertz CT molecular complexity index is 446. The molecule has 1 amide bonds. The lowest BCUT2D eigenvalue weighted by molar-refractivity contribution is -0.137. The number of rotatable bonds is 4. The first-order valence-corrected chi connectivity index (χ1v) is 6.00. The zero-order valence-electron chi connectivity index (χ0n) is 10.8. The number of amides is 1. The number of carbonyl (C=O) groups excluding carboxylic acids is 1. The molecule has 0 aliphatic heterocycles. The molecule has 2 atom stereocenters. The number of nitrogens with one attached hydrogen (secondary N) is 1. The number of nitrogens with two attached hydrogens (primary N) is 1. The number of hydrogen-bond donors (Lipinski definition) is 2. The molecule has 6 heteroatoms. The number of halogens is 3. The molecule has 0 aliphatic rings. The molecule has 0 saturated heterocycles. The minimum Gasteiger partial charge on any atom is -0.324 e. The average Bonchev–Trinajstić information content (AvgIpc) is 2.36. The van der Waals surface area contributed by atoms with Crippen molar-refractivity contribution in [2.45, 2.75) is 32.5 Å². The highest BCUT2D eigenvalue weighted by Gasteiger charge is 2.34. The second-order valence-corrected chi connectivity index (χ2v) is 4.44. The third-order valence-corrected chi connectivity index (χ3v) is 3.05. The second kappa shape index (κ2) is 6.06. The SMILES string of the molecule is CC[C@@H](C)[C@H](N)C(=O)Nc1ccccc1C(F)(F)F. The van der Waals surface area contributed by atoms with E-state index in [0.717, 1.165) is 6.07 Å². The maximum Gasteiger partial charge on any atom is 0.418 e. The summed E-state index contributed by atoms with van der Waals surface area (Å²) in [5.74, 6) is -0.705. The van der Waals surface area contributed by atoms with Gasteiger partial charge in [0.2, 0.25) is 5.91 Å².